The van der Waals surface area contributed by atoms with Crippen LogP contribution >= 0.6 is 15.9 Å². The lowest BCUT2D eigenvalue weighted by Gasteiger charge is -2.02. The van der Waals surface area contributed by atoms with Gasteiger partial charge in [-0.3, -0.25) is 0 Å². The number of hydrogen-bond acceptors (Lipinski definition) is 4. The maximum Gasteiger partial charge on any atom is 0.240 e. The molecule has 0 saturated carbocycles. The first kappa shape index (κ1) is 9.97. The molecule has 1 aromatic heterocycles. The van der Waals surface area contributed by atoms with Crippen LogP contribution in [0.1, 0.15) is 0 Å². The summed E-state index contributed by atoms with van der Waals surface area (Å²) < 4.78 is 14.2. The Morgan fingerprint density at radius 1 is 1.33 bits per heavy atom. The average molecular weight is 269 g/mol. The summed E-state index contributed by atoms with van der Waals surface area (Å²) in [7, 11) is 0. The SMILES string of the molecule is Nc1nncc(-c2ccc(Br)cc2F)n1. The van der Waals surface area contributed by atoms with Gasteiger partial charge in [0.15, 0.2) is 0 Å². The van der Waals surface area contributed by atoms with E-state index in [9.17, 15) is 4.39 Å². The van der Waals surface area contributed by atoms with Crippen LogP contribution in [-0.2, 0) is 0 Å². The van der Waals surface area contributed by atoms with Crippen molar-refractivity contribution in [2.45, 2.75) is 0 Å². The maximum atomic E-state index is 13.5. The van der Waals surface area contributed by atoms with Gasteiger partial charge in [0, 0.05) is 10.0 Å². The van der Waals surface area contributed by atoms with Crippen LogP contribution in [0.2, 0.25) is 0 Å². The van der Waals surface area contributed by atoms with Crippen molar-refractivity contribution in [2.75, 3.05) is 5.73 Å². The third-order valence-electron chi connectivity index (χ3n) is 1.78. The van der Waals surface area contributed by atoms with Gasteiger partial charge in [0.05, 0.1) is 11.9 Å². The lowest BCUT2D eigenvalue weighted by molar-refractivity contribution is 0.629. The van der Waals surface area contributed by atoms with E-state index in [1.54, 1.807) is 12.1 Å². The molecule has 0 unspecified atom stereocenters. The lowest BCUT2D eigenvalue weighted by Crippen LogP contribution is -1.99. The molecule has 2 aromatic rings. The fraction of sp³-hybridized carbons (Fsp3) is 0. The summed E-state index contributed by atoms with van der Waals surface area (Å²) in [5, 5.41) is 7.11. The average Bonchev–Trinajstić information content (AvgIpc) is 2.17. The molecule has 0 fully saturated rings. The molecule has 15 heavy (non-hydrogen) atoms. The quantitative estimate of drug-likeness (QED) is 0.860. The second kappa shape index (κ2) is 3.90. The van der Waals surface area contributed by atoms with Crippen LogP contribution in [0, 0.1) is 5.82 Å². The minimum Gasteiger partial charge on any atom is -0.366 e. The van der Waals surface area contributed by atoms with Crippen molar-refractivity contribution in [2.24, 2.45) is 0 Å². The van der Waals surface area contributed by atoms with Gasteiger partial charge in [0.1, 0.15) is 5.82 Å². The van der Waals surface area contributed by atoms with Gasteiger partial charge in [0.2, 0.25) is 5.95 Å². The first-order valence-electron chi connectivity index (χ1n) is 4.07. The summed E-state index contributed by atoms with van der Waals surface area (Å²) in [6.45, 7) is 0. The number of nitrogen functional groups attached to an aromatic ring is 1. The molecule has 0 radical (unpaired) electrons. The van der Waals surface area contributed by atoms with Crippen molar-refractivity contribution >= 4 is 21.9 Å². The molecule has 0 amide bonds. The number of anilines is 1. The Hall–Kier alpha value is -1.56. The van der Waals surface area contributed by atoms with Gasteiger partial charge >= 0.3 is 0 Å². The van der Waals surface area contributed by atoms with E-state index in [1.165, 1.54) is 12.3 Å². The summed E-state index contributed by atoms with van der Waals surface area (Å²) in [6.07, 6.45) is 1.36. The Labute approximate surface area is 93.5 Å². The van der Waals surface area contributed by atoms with Gasteiger partial charge in [-0.1, -0.05) is 15.9 Å². The Bertz CT molecular complexity index is 503. The molecule has 0 aliphatic carbocycles. The topological polar surface area (TPSA) is 64.7 Å². The van der Waals surface area contributed by atoms with Crippen LogP contribution in [0.4, 0.5) is 10.3 Å². The van der Waals surface area contributed by atoms with Crippen molar-refractivity contribution in [1.82, 2.24) is 15.2 Å². The van der Waals surface area contributed by atoms with Crippen LogP contribution < -0.4 is 5.73 Å². The highest BCUT2D eigenvalue weighted by Crippen LogP contribution is 2.23. The van der Waals surface area contributed by atoms with Gasteiger partial charge in [-0.25, -0.2) is 9.37 Å². The third-order valence-corrected chi connectivity index (χ3v) is 2.28. The number of nitrogens with zero attached hydrogens (tertiary/aromatic N) is 3. The first-order valence-corrected chi connectivity index (χ1v) is 4.87. The van der Waals surface area contributed by atoms with E-state index in [4.69, 9.17) is 5.73 Å². The molecule has 76 valence electrons. The van der Waals surface area contributed by atoms with Gasteiger partial charge in [0.25, 0.3) is 0 Å². The Morgan fingerprint density at radius 2 is 2.13 bits per heavy atom. The second-order valence-electron chi connectivity index (χ2n) is 2.82. The Balaban J connectivity index is 2.54. The predicted octanol–water partition coefficient (Wildman–Crippen LogP) is 2.02. The number of rotatable bonds is 1. The van der Waals surface area contributed by atoms with Crippen molar-refractivity contribution < 1.29 is 4.39 Å². The highest BCUT2D eigenvalue weighted by Gasteiger charge is 2.07. The summed E-state index contributed by atoms with van der Waals surface area (Å²) >= 11 is 3.17. The molecular weight excluding hydrogens is 263 g/mol. The van der Waals surface area contributed by atoms with Gasteiger partial charge in [-0.15, -0.1) is 5.10 Å². The summed E-state index contributed by atoms with van der Waals surface area (Å²) in [4.78, 5) is 3.88. The summed E-state index contributed by atoms with van der Waals surface area (Å²) in [6, 6.07) is 4.67. The minimum absolute atomic E-state index is 0.0230. The summed E-state index contributed by atoms with van der Waals surface area (Å²) in [5.74, 6) is -0.362. The van der Waals surface area contributed by atoms with E-state index < -0.39 is 0 Å². The zero-order valence-electron chi connectivity index (χ0n) is 7.48. The molecule has 0 spiro atoms. The van der Waals surface area contributed by atoms with Gasteiger partial charge < -0.3 is 5.73 Å². The van der Waals surface area contributed by atoms with Crippen molar-refractivity contribution in [3.63, 3.8) is 0 Å². The maximum absolute atomic E-state index is 13.5. The molecule has 2 N–H and O–H groups in total. The highest BCUT2D eigenvalue weighted by molar-refractivity contribution is 9.10. The summed E-state index contributed by atoms with van der Waals surface area (Å²) in [5.41, 5.74) is 6.07. The molecular formula is C9H6BrFN4. The molecule has 0 bridgehead atoms. The van der Waals surface area contributed by atoms with Gasteiger partial charge in [-0.2, -0.15) is 5.10 Å². The van der Waals surface area contributed by atoms with Crippen LogP contribution in [0.15, 0.2) is 28.9 Å². The normalized spacial score (nSPS) is 10.3. The number of aromatic nitrogens is 3. The fourth-order valence-corrected chi connectivity index (χ4v) is 1.48. The van der Waals surface area contributed by atoms with Crippen LogP contribution in [-0.4, -0.2) is 15.2 Å². The zero-order chi connectivity index (χ0) is 10.8. The first-order chi connectivity index (χ1) is 7.16. The molecule has 0 aliphatic rings. The van der Waals surface area contributed by atoms with Crippen molar-refractivity contribution in [1.29, 1.82) is 0 Å². The van der Waals surface area contributed by atoms with E-state index in [2.05, 4.69) is 31.1 Å². The largest absolute Gasteiger partial charge is 0.366 e. The fourth-order valence-electron chi connectivity index (χ4n) is 1.14. The smallest absolute Gasteiger partial charge is 0.240 e. The minimum atomic E-state index is -0.385. The highest BCUT2D eigenvalue weighted by atomic mass is 79.9. The van der Waals surface area contributed by atoms with Gasteiger partial charge in [-0.05, 0) is 18.2 Å². The Morgan fingerprint density at radius 3 is 2.80 bits per heavy atom. The van der Waals surface area contributed by atoms with E-state index >= 15 is 0 Å². The standard InChI is InChI=1S/C9H6BrFN4/c10-5-1-2-6(7(11)3-5)8-4-13-15-9(12)14-8/h1-4H,(H2,12,14,15). The molecule has 4 nitrogen and oxygen atoms in total. The van der Waals surface area contributed by atoms with E-state index in [1.807, 2.05) is 0 Å². The monoisotopic (exact) mass is 268 g/mol. The van der Waals surface area contributed by atoms with Crippen molar-refractivity contribution in [3.05, 3.63) is 34.7 Å². The molecule has 0 atom stereocenters. The second-order valence-corrected chi connectivity index (χ2v) is 3.74. The number of halogens is 2. The molecule has 0 aliphatic heterocycles. The van der Waals surface area contributed by atoms with Crippen molar-refractivity contribution in [3.8, 4) is 11.3 Å². The number of nitrogens with two attached hydrogens (primary N) is 1. The lowest BCUT2D eigenvalue weighted by atomic mass is 10.1. The molecule has 0 saturated heterocycles. The van der Waals surface area contributed by atoms with E-state index in [0.717, 1.165) is 0 Å². The Kier molecular flexibility index (Phi) is 2.59. The van der Waals surface area contributed by atoms with Crippen LogP contribution in [0.25, 0.3) is 11.3 Å². The number of benzene rings is 1. The zero-order valence-corrected chi connectivity index (χ0v) is 9.07. The third kappa shape index (κ3) is 2.10. The predicted molar refractivity (Wildman–Crippen MR) is 57.3 cm³/mol. The van der Waals surface area contributed by atoms with Crippen LogP contribution in [0.5, 0.6) is 0 Å². The van der Waals surface area contributed by atoms with Crippen LogP contribution in [0.3, 0.4) is 0 Å². The van der Waals surface area contributed by atoms with E-state index in [-0.39, 0.29) is 11.8 Å². The molecule has 6 heteroatoms. The van der Waals surface area contributed by atoms with E-state index in [0.29, 0.717) is 15.7 Å². The number of hydrogen-bond donors (Lipinski definition) is 1. The molecule has 1 heterocycles. The molecule has 2 rings (SSSR count). The molecule has 1 aromatic carbocycles.